The number of rotatable bonds is 3. The molecular formula is C19H16Cl2N10. The Bertz CT molecular complexity index is 1170. The largest absolute Gasteiger partial charge is 0.368 e. The summed E-state index contributed by atoms with van der Waals surface area (Å²) in [5, 5.41) is 19.7. The van der Waals surface area contributed by atoms with Gasteiger partial charge in [0, 0.05) is 28.0 Å². The molecule has 1 aromatic heterocycles. The molecule has 0 amide bonds. The van der Waals surface area contributed by atoms with Crippen LogP contribution in [0.5, 0.6) is 0 Å². The van der Waals surface area contributed by atoms with Gasteiger partial charge in [0.2, 0.25) is 17.9 Å². The summed E-state index contributed by atoms with van der Waals surface area (Å²) in [6, 6.07) is 15.2. The van der Waals surface area contributed by atoms with Gasteiger partial charge < -0.3 is 16.8 Å². The summed E-state index contributed by atoms with van der Waals surface area (Å²) in [5.41, 5.74) is 13.0. The highest BCUT2D eigenvalue weighted by Gasteiger charge is 2.05. The fourth-order valence-electron chi connectivity index (χ4n) is 2.27. The number of hydrogen-bond donors (Lipinski definition) is 4. The molecule has 12 heteroatoms. The van der Waals surface area contributed by atoms with E-state index in [0.29, 0.717) is 21.4 Å². The van der Waals surface area contributed by atoms with Gasteiger partial charge in [-0.25, -0.2) is 9.67 Å². The second-order valence-electron chi connectivity index (χ2n) is 5.86. The Morgan fingerprint density at radius 2 is 1.61 bits per heavy atom. The molecule has 1 heterocycles. The number of guanidine groups is 2. The van der Waals surface area contributed by atoms with Gasteiger partial charge in [0.15, 0.2) is 12.0 Å². The zero-order chi connectivity index (χ0) is 22.2. The Morgan fingerprint density at radius 1 is 0.968 bits per heavy atom. The number of halogens is 2. The Balaban J connectivity index is 1.76. The van der Waals surface area contributed by atoms with Crippen LogP contribution in [0.3, 0.4) is 0 Å². The maximum Gasteiger partial charge on any atom is 0.224 e. The van der Waals surface area contributed by atoms with Crippen molar-refractivity contribution in [2.75, 3.05) is 5.32 Å². The molecule has 3 rings (SSSR count). The number of anilines is 1. The zero-order valence-corrected chi connectivity index (χ0v) is 17.4. The number of aliphatic imine (C=N–C) groups is 3. The van der Waals surface area contributed by atoms with Crippen LogP contribution in [0, 0.1) is 11.5 Å². The monoisotopic (exact) mass is 454 g/mol. The first kappa shape index (κ1) is 21.6. The van der Waals surface area contributed by atoms with Crippen LogP contribution in [0.15, 0.2) is 75.8 Å². The molecule has 0 atom stereocenters. The molecule has 0 aliphatic rings. The first-order valence-electron chi connectivity index (χ1n) is 8.69. The summed E-state index contributed by atoms with van der Waals surface area (Å²) in [4.78, 5) is 12.4. The average Bonchev–Trinajstić information content (AvgIpc) is 3.20. The SMILES string of the molecule is N#CNC(=Nc1ccn(C(N)=NC(N)=Nc2ccc(Cl)cc2)n1)Nc1ccc(Cl)cc1. The molecule has 0 aliphatic heterocycles. The minimum absolute atomic E-state index is 0.0166. The van der Waals surface area contributed by atoms with Crippen LogP contribution in [0.25, 0.3) is 0 Å². The Morgan fingerprint density at radius 3 is 2.26 bits per heavy atom. The van der Waals surface area contributed by atoms with Gasteiger partial charge in [-0.3, -0.25) is 5.32 Å². The molecule has 0 aliphatic carbocycles. The number of nitrogens with one attached hydrogen (secondary N) is 2. The highest BCUT2D eigenvalue weighted by Crippen LogP contribution is 2.16. The third-order valence-corrected chi connectivity index (χ3v) is 4.12. The molecule has 3 aromatic rings. The lowest BCUT2D eigenvalue weighted by molar-refractivity contribution is 0.920. The Hall–Kier alpha value is -4.07. The topological polar surface area (TPSA) is 155 Å². The molecule has 31 heavy (non-hydrogen) atoms. The molecule has 0 spiro atoms. The van der Waals surface area contributed by atoms with E-state index in [4.69, 9.17) is 39.9 Å². The smallest absolute Gasteiger partial charge is 0.224 e. The summed E-state index contributed by atoms with van der Waals surface area (Å²) >= 11 is 11.7. The zero-order valence-electron chi connectivity index (χ0n) is 15.9. The summed E-state index contributed by atoms with van der Waals surface area (Å²) in [5.74, 6) is 0.355. The molecule has 10 nitrogen and oxygen atoms in total. The van der Waals surface area contributed by atoms with Crippen molar-refractivity contribution >= 4 is 58.3 Å². The van der Waals surface area contributed by atoms with Crippen LogP contribution in [-0.2, 0) is 0 Å². The van der Waals surface area contributed by atoms with Gasteiger partial charge in [0.1, 0.15) is 0 Å². The molecule has 0 saturated carbocycles. The average molecular weight is 455 g/mol. The number of nitriles is 1. The molecule has 0 fully saturated rings. The minimum atomic E-state index is -0.0587. The predicted molar refractivity (Wildman–Crippen MR) is 123 cm³/mol. The van der Waals surface area contributed by atoms with Gasteiger partial charge in [-0.2, -0.15) is 15.2 Å². The fourth-order valence-corrected chi connectivity index (χ4v) is 2.52. The molecule has 6 N–H and O–H groups in total. The molecule has 0 radical (unpaired) electrons. The van der Waals surface area contributed by atoms with E-state index in [-0.39, 0.29) is 23.7 Å². The molecule has 0 bridgehead atoms. The standard InChI is InChI=1S/C19H16Cl2N10/c20-12-1-5-14(6-2-12)26-17(23)29-18(24)31-10-9-16(30-31)28-19(25-11-22)27-15-7-3-13(21)4-8-15/h1-10H,(H4,23,24,26,29)(H2,25,27,28,30). The second kappa shape index (κ2) is 10.1. The van der Waals surface area contributed by atoms with Gasteiger partial charge in [-0.15, -0.1) is 5.10 Å². The van der Waals surface area contributed by atoms with Crippen molar-refractivity contribution in [3.05, 3.63) is 70.8 Å². The number of nitrogens with two attached hydrogens (primary N) is 2. The molecule has 2 aromatic carbocycles. The third-order valence-electron chi connectivity index (χ3n) is 3.62. The van der Waals surface area contributed by atoms with E-state index >= 15 is 0 Å². The number of nitrogens with zero attached hydrogens (tertiary/aromatic N) is 6. The highest BCUT2D eigenvalue weighted by atomic mass is 35.5. The van der Waals surface area contributed by atoms with Crippen LogP contribution in [0.4, 0.5) is 17.2 Å². The van der Waals surface area contributed by atoms with E-state index in [0.717, 1.165) is 0 Å². The van der Waals surface area contributed by atoms with Crippen molar-refractivity contribution in [1.82, 2.24) is 15.1 Å². The van der Waals surface area contributed by atoms with Gasteiger partial charge >= 0.3 is 0 Å². The first-order valence-corrected chi connectivity index (χ1v) is 9.45. The van der Waals surface area contributed by atoms with Crippen LogP contribution < -0.4 is 22.1 Å². The van der Waals surface area contributed by atoms with Crippen molar-refractivity contribution in [1.29, 1.82) is 5.26 Å². The lowest BCUT2D eigenvalue weighted by Gasteiger charge is -2.07. The number of hydrogen-bond acceptors (Lipinski definition) is 4. The van der Waals surface area contributed by atoms with Crippen LogP contribution in [0.2, 0.25) is 10.0 Å². The number of benzene rings is 2. The van der Waals surface area contributed by atoms with Gasteiger partial charge in [-0.1, -0.05) is 23.2 Å². The van der Waals surface area contributed by atoms with Gasteiger partial charge in [0.05, 0.1) is 5.69 Å². The van der Waals surface area contributed by atoms with Crippen LogP contribution in [0.1, 0.15) is 0 Å². The number of aromatic nitrogens is 2. The van der Waals surface area contributed by atoms with Crippen molar-refractivity contribution in [2.45, 2.75) is 0 Å². The van der Waals surface area contributed by atoms with Crippen molar-refractivity contribution in [3.63, 3.8) is 0 Å². The molecular weight excluding hydrogens is 439 g/mol. The second-order valence-corrected chi connectivity index (χ2v) is 6.74. The van der Waals surface area contributed by atoms with E-state index in [1.54, 1.807) is 60.8 Å². The fraction of sp³-hybridized carbons (Fsp3) is 0. The molecule has 0 saturated heterocycles. The predicted octanol–water partition coefficient (Wildman–Crippen LogP) is 3.17. The maximum absolute atomic E-state index is 8.96. The summed E-state index contributed by atoms with van der Waals surface area (Å²) in [6.45, 7) is 0. The van der Waals surface area contributed by atoms with E-state index < -0.39 is 0 Å². The Kier molecular flexibility index (Phi) is 7.05. The highest BCUT2D eigenvalue weighted by molar-refractivity contribution is 6.30. The first-order chi connectivity index (χ1) is 14.9. The quantitative estimate of drug-likeness (QED) is 0.206. The normalized spacial score (nSPS) is 12.4. The van der Waals surface area contributed by atoms with E-state index in [1.165, 1.54) is 4.68 Å². The van der Waals surface area contributed by atoms with Crippen LogP contribution in [-0.4, -0.2) is 27.7 Å². The van der Waals surface area contributed by atoms with E-state index in [1.807, 2.05) is 6.19 Å². The summed E-state index contributed by atoms with van der Waals surface area (Å²) in [7, 11) is 0. The molecule has 156 valence electrons. The van der Waals surface area contributed by atoms with Gasteiger partial charge in [0.25, 0.3) is 0 Å². The van der Waals surface area contributed by atoms with Crippen LogP contribution >= 0.6 is 23.2 Å². The summed E-state index contributed by atoms with van der Waals surface area (Å²) < 4.78 is 1.27. The van der Waals surface area contributed by atoms with Crippen molar-refractivity contribution < 1.29 is 0 Å². The van der Waals surface area contributed by atoms with E-state index in [9.17, 15) is 0 Å². The lowest BCUT2D eigenvalue weighted by Crippen LogP contribution is -2.27. The summed E-state index contributed by atoms with van der Waals surface area (Å²) in [6.07, 6.45) is 3.35. The third kappa shape index (κ3) is 6.46. The maximum atomic E-state index is 8.96. The van der Waals surface area contributed by atoms with Crippen molar-refractivity contribution in [2.24, 2.45) is 26.4 Å². The minimum Gasteiger partial charge on any atom is -0.368 e. The van der Waals surface area contributed by atoms with Crippen molar-refractivity contribution in [3.8, 4) is 6.19 Å². The van der Waals surface area contributed by atoms with Gasteiger partial charge in [-0.05, 0) is 48.5 Å². The lowest BCUT2D eigenvalue weighted by atomic mass is 10.3. The molecule has 0 unspecified atom stereocenters. The Labute approximate surface area is 187 Å². The van der Waals surface area contributed by atoms with E-state index in [2.05, 4.69) is 30.7 Å².